The first-order chi connectivity index (χ1) is 10.1. The summed E-state index contributed by atoms with van der Waals surface area (Å²) < 4.78 is 5.79. The summed E-state index contributed by atoms with van der Waals surface area (Å²) in [6.45, 7) is 3.41. The fourth-order valence-corrected chi connectivity index (χ4v) is 2.91. The Labute approximate surface area is 125 Å². The van der Waals surface area contributed by atoms with Gasteiger partial charge in [-0.05, 0) is 25.6 Å². The molecule has 0 saturated carbocycles. The molecule has 2 atom stereocenters. The summed E-state index contributed by atoms with van der Waals surface area (Å²) in [5, 5.41) is 10.6. The van der Waals surface area contributed by atoms with Crippen molar-refractivity contribution in [3.63, 3.8) is 0 Å². The molecule has 1 aliphatic heterocycles. The van der Waals surface area contributed by atoms with Gasteiger partial charge in [0.1, 0.15) is 18.5 Å². The summed E-state index contributed by atoms with van der Waals surface area (Å²) >= 11 is 0. The Morgan fingerprint density at radius 3 is 2.81 bits per heavy atom. The fraction of sp³-hybridized carbons (Fsp3) is 0.333. The molecular formula is C18H21NO2. The number of para-hydroxylation sites is 1. The molecular weight excluding hydrogens is 262 g/mol. The van der Waals surface area contributed by atoms with Crippen molar-refractivity contribution in [3.8, 4) is 5.75 Å². The van der Waals surface area contributed by atoms with E-state index in [0.717, 1.165) is 17.9 Å². The average Bonchev–Trinajstić information content (AvgIpc) is 2.48. The molecule has 0 spiro atoms. The number of hydrogen-bond donors (Lipinski definition) is 1. The number of nitrogens with zero attached hydrogens (tertiary/aromatic N) is 1. The average molecular weight is 283 g/mol. The van der Waals surface area contributed by atoms with Crippen LogP contribution in [0.3, 0.4) is 0 Å². The lowest BCUT2D eigenvalue weighted by molar-refractivity contribution is 0.0118. The van der Waals surface area contributed by atoms with Gasteiger partial charge in [-0.2, -0.15) is 0 Å². The number of aliphatic hydroxyl groups is 1. The van der Waals surface area contributed by atoms with Gasteiger partial charge in [0.05, 0.1) is 6.04 Å². The standard InChI is InChI=1S/C18H21NO2/c1-13-6-5-7-14(10-13)11-19(2)16-12-21-17-9-4-3-8-15(17)18(16)20/h3-10,16,18,20H,11-12H2,1-2H3. The maximum atomic E-state index is 10.6. The molecule has 3 nitrogen and oxygen atoms in total. The number of likely N-dealkylation sites (N-methyl/N-ethyl adjacent to an activating group) is 1. The molecule has 2 unspecified atom stereocenters. The van der Waals surface area contributed by atoms with Crippen LogP contribution in [0.2, 0.25) is 0 Å². The Morgan fingerprint density at radius 2 is 2.00 bits per heavy atom. The van der Waals surface area contributed by atoms with E-state index in [4.69, 9.17) is 4.74 Å². The predicted molar refractivity (Wildman–Crippen MR) is 83.3 cm³/mol. The van der Waals surface area contributed by atoms with E-state index in [2.05, 4.69) is 36.1 Å². The van der Waals surface area contributed by atoms with E-state index in [1.165, 1.54) is 11.1 Å². The minimum atomic E-state index is -0.509. The van der Waals surface area contributed by atoms with E-state index < -0.39 is 6.10 Å². The maximum Gasteiger partial charge on any atom is 0.125 e. The van der Waals surface area contributed by atoms with Gasteiger partial charge in [0, 0.05) is 12.1 Å². The first kappa shape index (κ1) is 14.1. The molecule has 3 rings (SSSR count). The van der Waals surface area contributed by atoms with Gasteiger partial charge >= 0.3 is 0 Å². The van der Waals surface area contributed by atoms with E-state index >= 15 is 0 Å². The Kier molecular flexibility index (Phi) is 3.95. The SMILES string of the molecule is Cc1cccc(CN(C)C2COc3ccccc3C2O)c1. The van der Waals surface area contributed by atoms with Crippen LogP contribution in [-0.2, 0) is 6.54 Å². The molecule has 110 valence electrons. The topological polar surface area (TPSA) is 32.7 Å². The van der Waals surface area contributed by atoms with Gasteiger partial charge in [0.25, 0.3) is 0 Å². The van der Waals surface area contributed by atoms with E-state index in [9.17, 15) is 5.11 Å². The second-order valence-corrected chi connectivity index (χ2v) is 5.77. The molecule has 3 heteroatoms. The number of benzene rings is 2. The number of fused-ring (bicyclic) bond motifs is 1. The van der Waals surface area contributed by atoms with Crippen molar-refractivity contribution in [2.24, 2.45) is 0 Å². The molecule has 1 N–H and O–H groups in total. The van der Waals surface area contributed by atoms with Crippen LogP contribution in [-0.4, -0.2) is 29.7 Å². The molecule has 0 saturated heterocycles. The highest BCUT2D eigenvalue weighted by atomic mass is 16.5. The summed E-state index contributed by atoms with van der Waals surface area (Å²) in [6.07, 6.45) is -0.509. The van der Waals surface area contributed by atoms with Crippen LogP contribution >= 0.6 is 0 Å². The van der Waals surface area contributed by atoms with Gasteiger partial charge in [-0.15, -0.1) is 0 Å². The summed E-state index contributed by atoms with van der Waals surface area (Å²) in [5.74, 6) is 0.796. The lowest BCUT2D eigenvalue weighted by Gasteiger charge is -2.36. The highest BCUT2D eigenvalue weighted by Crippen LogP contribution is 2.33. The highest BCUT2D eigenvalue weighted by molar-refractivity contribution is 5.37. The van der Waals surface area contributed by atoms with Crippen LogP contribution in [0.25, 0.3) is 0 Å². The van der Waals surface area contributed by atoms with Gasteiger partial charge in [-0.25, -0.2) is 0 Å². The number of rotatable bonds is 3. The van der Waals surface area contributed by atoms with E-state index in [0.29, 0.717) is 6.61 Å². The second kappa shape index (κ2) is 5.88. The smallest absolute Gasteiger partial charge is 0.125 e. The van der Waals surface area contributed by atoms with Gasteiger partial charge in [0.2, 0.25) is 0 Å². The Morgan fingerprint density at radius 1 is 1.19 bits per heavy atom. The van der Waals surface area contributed by atoms with Crippen LogP contribution in [0.15, 0.2) is 48.5 Å². The van der Waals surface area contributed by atoms with Crippen molar-refractivity contribution in [3.05, 3.63) is 65.2 Å². The largest absolute Gasteiger partial charge is 0.491 e. The summed E-state index contributed by atoms with van der Waals surface area (Å²) in [7, 11) is 2.04. The van der Waals surface area contributed by atoms with E-state index in [-0.39, 0.29) is 6.04 Å². The van der Waals surface area contributed by atoms with Crippen LogP contribution < -0.4 is 4.74 Å². The Balaban J connectivity index is 1.75. The number of hydrogen-bond acceptors (Lipinski definition) is 3. The first-order valence-electron chi connectivity index (χ1n) is 7.31. The van der Waals surface area contributed by atoms with Crippen molar-refractivity contribution >= 4 is 0 Å². The minimum absolute atomic E-state index is 0.0274. The molecule has 0 amide bonds. The zero-order valence-electron chi connectivity index (χ0n) is 12.5. The normalized spacial score (nSPS) is 21.0. The molecule has 2 aromatic rings. The maximum absolute atomic E-state index is 10.6. The molecule has 0 fully saturated rings. The van der Waals surface area contributed by atoms with E-state index in [1.54, 1.807) is 0 Å². The van der Waals surface area contributed by atoms with Crippen molar-refractivity contribution in [2.45, 2.75) is 25.6 Å². The third-order valence-corrected chi connectivity index (χ3v) is 4.09. The molecule has 0 radical (unpaired) electrons. The molecule has 0 aromatic heterocycles. The lowest BCUT2D eigenvalue weighted by Crippen LogP contribution is -2.43. The first-order valence-corrected chi connectivity index (χ1v) is 7.31. The van der Waals surface area contributed by atoms with Crippen molar-refractivity contribution in [1.82, 2.24) is 4.90 Å². The molecule has 1 aliphatic rings. The lowest BCUT2D eigenvalue weighted by atomic mass is 9.98. The third-order valence-electron chi connectivity index (χ3n) is 4.09. The van der Waals surface area contributed by atoms with Crippen LogP contribution in [0.1, 0.15) is 22.8 Å². The predicted octanol–water partition coefficient (Wildman–Crippen LogP) is 2.92. The van der Waals surface area contributed by atoms with Crippen molar-refractivity contribution in [1.29, 1.82) is 0 Å². The summed E-state index contributed by atoms with van der Waals surface area (Å²) in [4.78, 5) is 2.16. The summed E-state index contributed by atoms with van der Waals surface area (Å²) in [6, 6.07) is 16.2. The van der Waals surface area contributed by atoms with Gasteiger partial charge in [-0.1, -0.05) is 48.0 Å². The molecule has 2 aromatic carbocycles. The zero-order valence-corrected chi connectivity index (χ0v) is 12.5. The Bertz CT molecular complexity index is 626. The molecule has 0 aliphatic carbocycles. The monoisotopic (exact) mass is 283 g/mol. The van der Waals surface area contributed by atoms with Gasteiger partial charge in [0.15, 0.2) is 0 Å². The minimum Gasteiger partial charge on any atom is -0.491 e. The fourth-order valence-electron chi connectivity index (χ4n) is 2.91. The quantitative estimate of drug-likeness (QED) is 0.940. The van der Waals surface area contributed by atoms with Gasteiger partial charge < -0.3 is 9.84 Å². The van der Waals surface area contributed by atoms with Crippen LogP contribution in [0, 0.1) is 6.92 Å². The highest BCUT2D eigenvalue weighted by Gasteiger charge is 2.31. The second-order valence-electron chi connectivity index (χ2n) is 5.77. The van der Waals surface area contributed by atoms with Gasteiger partial charge in [-0.3, -0.25) is 4.90 Å². The molecule has 0 bridgehead atoms. The molecule has 1 heterocycles. The summed E-state index contributed by atoms with van der Waals surface area (Å²) in [5.41, 5.74) is 3.39. The number of aryl methyl sites for hydroxylation is 1. The molecule has 21 heavy (non-hydrogen) atoms. The van der Waals surface area contributed by atoms with Crippen molar-refractivity contribution in [2.75, 3.05) is 13.7 Å². The van der Waals surface area contributed by atoms with Crippen molar-refractivity contribution < 1.29 is 9.84 Å². The number of aliphatic hydroxyl groups excluding tert-OH is 1. The van der Waals surface area contributed by atoms with E-state index in [1.807, 2.05) is 31.3 Å². The zero-order chi connectivity index (χ0) is 14.8. The number of ether oxygens (including phenoxy) is 1. The van der Waals surface area contributed by atoms with Crippen LogP contribution in [0.5, 0.6) is 5.75 Å². The van der Waals surface area contributed by atoms with Crippen LogP contribution in [0.4, 0.5) is 0 Å². The Hall–Kier alpha value is -1.84. The third kappa shape index (κ3) is 2.94.